The predicted octanol–water partition coefficient (Wildman–Crippen LogP) is 1.63. The van der Waals surface area contributed by atoms with Crippen LogP contribution in [0.1, 0.15) is 18.1 Å². The van der Waals surface area contributed by atoms with Crippen molar-refractivity contribution in [3.05, 3.63) is 29.3 Å². The number of fused-ring (bicyclic) bond motifs is 1. The van der Waals surface area contributed by atoms with Gasteiger partial charge in [0.2, 0.25) is 0 Å². The Morgan fingerprint density at radius 2 is 2.25 bits per heavy atom. The van der Waals surface area contributed by atoms with Crippen molar-refractivity contribution >= 4 is 5.69 Å². The van der Waals surface area contributed by atoms with Gasteiger partial charge in [0.05, 0.1) is 0 Å². The zero-order chi connectivity index (χ0) is 8.77. The van der Waals surface area contributed by atoms with E-state index in [0.717, 1.165) is 11.3 Å². The first-order valence-corrected chi connectivity index (χ1v) is 4.17. The number of nitrogens with one attached hydrogen (secondary N) is 1. The van der Waals surface area contributed by atoms with E-state index in [1.54, 1.807) is 0 Å². The Labute approximate surface area is 72.2 Å². The quantitative estimate of drug-likeness (QED) is 0.609. The monoisotopic (exact) mass is 163 g/mol. The van der Waals surface area contributed by atoms with Crippen LogP contribution in [0, 0.1) is 6.92 Å². The number of benzene rings is 1. The van der Waals surface area contributed by atoms with E-state index in [-0.39, 0.29) is 0 Å². The Morgan fingerprint density at radius 1 is 1.50 bits per heavy atom. The van der Waals surface area contributed by atoms with Crippen molar-refractivity contribution in [2.45, 2.75) is 19.4 Å². The summed E-state index contributed by atoms with van der Waals surface area (Å²) in [5, 5.41) is 13.1. The molecule has 0 aliphatic carbocycles. The minimum absolute atomic E-state index is 0.617. The number of aliphatic hydroxyl groups is 1. The fourth-order valence-corrected chi connectivity index (χ4v) is 1.62. The molecule has 2 rings (SSSR count). The lowest BCUT2D eigenvalue weighted by Gasteiger charge is -2.15. The van der Waals surface area contributed by atoms with Crippen LogP contribution >= 0.6 is 0 Å². The van der Waals surface area contributed by atoms with Crippen LogP contribution in [0.15, 0.2) is 18.2 Å². The molecule has 1 aromatic rings. The van der Waals surface area contributed by atoms with E-state index in [0.29, 0.717) is 6.54 Å². The van der Waals surface area contributed by atoms with E-state index in [1.165, 1.54) is 5.56 Å². The Bertz CT molecular complexity index is 318. The molecule has 0 aromatic heterocycles. The molecule has 1 atom stereocenters. The molecular formula is C10H13NO. The molecule has 12 heavy (non-hydrogen) atoms. The smallest absolute Gasteiger partial charge is 0.106 e. The van der Waals surface area contributed by atoms with Crippen LogP contribution in [0.3, 0.4) is 0 Å². The fourth-order valence-electron chi connectivity index (χ4n) is 1.62. The summed E-state index contributed by atoms with van der Waals surface area (Å²) in [6.07, 6.45) is 0. The molecule has 1 aliphatic heterocycles. The maximum atomic E-state index is 9.91. The highest BCUT2D eigenvalue weighted by Gasteiger charge is 2.31. The third-order valence-electron chi connectivity index (χ3n) is 2.38. The normalized spacial score (nSPS) is 26.6. The maximum absolute atomic E-state index is 9.91. The molecule has 0 amide bonds. The van der Waals surface area contributed by atoms with Crippen LogP contribution in [-0.2, 0) is 5.60 Å². The molecule has 1 aliphatic rings. The zero-order valence-corrected chi connectivity index (χ0v) is 7.39. The number of hydrogen-bond donors (Lipinski definition) is 2. The molecule has 64 valence electrons. The second-order valence-corrected chi connectivity index (χ2v) is 3.68. The predicted molar refractivity (Wildman–Crippen MR) is 49.2 cm³/mol. The molecule has 0 saturated heterocycles. The van der Waals surface area contributed by atoms with Gasteiger partial charge in [0, 0.05) is 17.8 Å². The number of hydrogen-bond acceptors (Lipinski definition) is 2. The van der Waals surface area contributed by atoms with Crippen LogP contribution < -0.4 is 5.32 Å². The van der Waals surface area contributed by atoms with Gasteiger partial charge in [-0.1, -0.05) is 17.7 Å². The van der Waals surface area contributed by atoms with Crippen LogP contribution in [0.5, 0.6) is 0 Å². The Morgan fingerprint density at radius 3 is 3.00 bits per heavy atom. The highest BCUT2D eigenvalue weighted by atomic mass is 16.3. The summed E-state index contributed by atoms with van der Waals surface area (Å²) in [6.45, 7) is 4.49. The summed E-state index contributed by atoms with van der Waals surface area (Å²) in [6, 6.07) is 6.11. The van der Waals surface area contributed by atoms with E-state index in [2.05, 4.69) is 5.32 Å². The van der Waals surface area contributed by atoms with E-state index in [4.69, 9.17) is 0 Å². The second-order valence-electron chi connectivity index (χ2n) is 3.68. The number of rotatable bonds is 0. The number of β-amino-alcohol motifs (C(OH)–C–C–N with tert-alkyl or cyclic N) is 1. The van der Waals surface area contributed by atoms with Gasteiger partial charge in [-0.05, 0) is 19.9 Å². The first-order chi connectivity index (χ1) is 5.59. The number of aryl methyl sites for hydroxylation is 1. The Hall–Kier alpha value is -1.02. The molecule has 2 nitrogen and oxygen atoms in total. The Balaban J connectivity index is 2.57. The molecule has 2 heteroatoms. The van der Waals surface area contributed by atoms with E-state index in [9.17, 15) is 5.11 Å². The first-order valence-electron chi connectivity index (χ1n) is 4.17. The molecule has 0 radical (unpaired) electrons. The largest absolute Gasteiger partial charge is 0.384 e. The summed E-state index contributed by atoms with van der Waals surface area (Å²) < 4.78 is 0. The van der Waals surface area contributed by atoms with Crippen molar-refractivity contribution in [3.63, 3.8) is 0 Å². The molecule has 1 heterocycles. The molecule has 0 bridgehead atoms. The standard InChI is InChI=1S/C10H13NO/c1-7-3-4-9-8(5-7)10(2,12)6-11-9/h3-5,11-12H,6H2,1-2H3. The molecular weight excluding hydrogens is 150 g/mol. The van der Waals surface area contributed by atoms with E-state index < -0.39 is 5.60 Å². The third-order valence-corrected chi connectivity index (χ3v) is 2.38. The average Bonchev–Trinajstić information content (AvgIpc) is 2.28. The van der Waals surface area contributed by atoms with Gasteiger partial charge in [-0.2, -0.15) is 0 Å². The maximum Gasteiger partial charge on any atom is 0.106 e. The molecule has 0 saturated carbocycles. The molecule has 0 fully saturated rings. The van der Waals surface area contributed by atoms with Gasteiger partial charge in [0.25, 0.3) is 0 Å². The van der Waals surface area contributed by atoms with Gasteiger partial charge in [0.15, 0.2) is 0 Å². The molecule has 1 unspecified atom stereocenters. The third kappa shape index (κ3) is 0.994. The lowest BCUT2D eigenvalue weighted by Crippen LogP contribution is -2.22. The average molecular weight is 163 g/mol. The minimum atomic E-state index is -0.693. The summed E-state index contributed by atoms with van der Waals surface area (Å²) in [4.78, 5) is 0. The van der Waals surface area contributed by atoms with Gasteiger partial charge in [-0.25, -0.2) is 0 Å². The zero-order valence-electron chi connectivity index (χ0n) is 7.39. The highest BCUT2D eigenvalue weighted by Crippen LogP contribution is 2.34. The van der Waals surface area contributed by atoms with Gasteiger partial charge in [-0.3, -0.25) is 0 Å². The van der Waals surface area contributed by atoms with Crippen molar-refractivity contribution < 1.29 is 5.11 Å². The van der Waals surface area contributed by atoms with Crippen LogP contribution in [-0.4, -0.2) is 11.7 Å². The minimum Gasteiger partial charge on any atom is -0.384 e. The summed E-state index contributed by atoms with van der Waals surface area (Å²) in [5.74, 6) is 0. The van der Waals surface area contributed by atoms with Gasteiger partial charge < -0.3 is 10.4 Å². The van der Waals surface area contributed by atoms with Gasteiger partial charge in [0.1, 0.15) is 5.60 Å². The van der Waals surface area contributed by atoms with Gasteiger partial charge in [-0.15, -0.1) is 0 Å². The van der Waals surface area contributed by atoms with E-state index in [1.807, 2.05) is 32.0 Å². The molecule has 1 aromatic carbocycles. The van der Waals surface area contributed by atoms with Crippen LogP contribution in [0.4, 0.5) is 5.69 Å². The second kappa shape index (κ2) is 2.23. The molecule has 2 N–H and O–H groups in total. The van der Waals surface area contributed by atoms with Crippen LogP contribution in [0.25, 0.3) is 0 Å². The lowest BCUT2D eigenvalue weighted by atomic mass is 9.97. The van der Waals surface area contributed by atoms with Crippen LogP contribution in [0.2, 0.25) is 0 Å². The highest BCUT2D eigenvalue weighted by molar-refractivity contribution is 5.59. The van der Waals surface area contributed by atoms with Crippen molar-refractivity contribution in [2.24, 2.45) is 0 Å². The van der Waals surface area contributed by atoms with E-state index >= 15 is 0 Å². The van der Waals surface area contributed by atoms with Crippen molar-refractivity contribution in [1.82, 2.24) is 0 Å². The fraction of sp³-hybridized carbons (Fsp3) is 0.400. The lowest BCUT2D eigenvalue weighted by molar-refractivity contribution is 0.0794. The number of anilines is 1. The SMILES string of the molecule is Cc1ccc2c(c1)C(C)(O)CN2. The molecule has 0 spiro atoms. The first kappa shape index (κ1) is 7.62. The van der Waals surface area contributed by atoms with Gasteiger partial charge >= 0.3 is 0 Å². The topological polar surface area (TPSA) is 32.3 Å². The summed E-state index contributed by atoms with van der Waals surface area (Å²) in [7, 11) is 0. The summed E-state index contributed by atoms with van der Waals surface area (Å²) >= 11 is 0. The van der Waals surface area contributed by atoms with Crippen molar-refractivity contribution in [1.29, 1.82) is 0 Å². The van der Waals surface area contributed by atoms with Crippen molar-refractivity contribution in [2.75, 3.05) is 11.9 Å². The summed E-state index contributed by atoms with van der Waals surface area (Å²) in [5.41, 5.74) is 2.58. The van der Waals surface area contributed by atoms with Crippen molar-refractivity contribution in [3.8, 4) is 0 Å². The Kier molecular flexibility index (Phi) is 1.42.